The van der Waals surface area contributed by atoms with Crippen molar-refractivity contribution in [2.45, 2.75) is 13.0 Å². The molecule has 0 bridgehead atoms. The van der Waals surface area contributed by atoms with Crippen molar-refractivity contribution < 1.29 is 9.90 Å². The van der Waals surface area contributed by atoms with Crippen LogP contribution in [-0.4, -0.2) is 11.0 Å². The molecule has 0 aromatic heterocycles. The second-order valence-corrected chi connectivity index (χ2v) is 3.41. The molecule has 2 rings (SSSR count). The number of aliphatic hydroxyl groups excluding tert-OH is 1. The van der Waals surface area contributed by atoms with Crippen molar-refractivity contribution in [3.63, 3.8) is 0 Å². The Morgan fingerprint density at radius 2 is 1.93 bits per heavy atom. The third-order valence-electron chi connectivity index (χ3n) is 2.28. The number of carbonyl (C=O) groups is 1. The fourth-order valence-corrected chi connectivity index (χ4v) is 1.44. The van der Waals surface area contributed by atoms with E-state index in [1.54, 1.807) is 0 Å². The van der Waals surface area contributed by atoms with E-state index in [-0.39, 0.29) is 11.8 Å². The summed E-state index contributed by atoms with van der Waals surface area (Å²) in [4.78, 5) is 11.0. The lowest BCUT2D eigenvalue weighted by Crippen LogP contribution is -2.21. The van der Waals surface area contributed by atoms with E-state index >= 15 is 0 Å². The molecule has 1 aliphatic heterocycles. The quantitative estimate of drug-likeness (QED) is 0.705. The van der Waals surface area contributed by atoms with Crippen LogP contribution in [0.3, 0.4) is 0 Å². The average molecular weight is 189 g/mol. The first-order valence-corrected chi connectivity index (χ1v) is 4.45. The second kappa shape index (κ2) is 3.18. The first-order valence-electron chi connectivity index (χ1n) is 4.45. The highest BCUT2D eigenvalue weighted by molar-refractivity contribution is 5.94. The smallest absolute Gasteiger partial charge is 0.286 e. The van der Waals surface area contributed by atoms with Crippen LogP contribution in [0.15, 0.2) is 36.1 Å². The SMILES string of the molecule is Cc1ccc(C2C=C(O)C(=O)N2)cc1. The Bertz CT molecular complexity index is 392. The predicted octanol–water partition coefficient (Wildman–Crippen LogP) is 1.61. The van der Waals surface area contributed by atoms with E-state index in [0.717, 1.165) is 5.56 Å². The van der Waals surface area contributed by atoms with Gasteiger partial charge in [0.25, 0.3) is 5.91 Å². The summed E-state index contributed by atoms with van der Waals surface area (Å²) in [5.41, 5.74) is 2.15. The lowest BCUT2D eigenvalue weighted by Gasteiger charge is -2.08. The maximum atomic E-state index is 11.0. The summed E-state index contributed by atoms with van der Waals surface area (Å²) in [5.74, 6) is -0.605. The number of benzene rings is 1. The zero-order valence-electron chi connectivity index (χ0n) is 7.82. The lowest BCUT2D eigenvalue weighted by molar-refractivity contribution is -0.119. The first-order chi connectivity index (χ1) is 6.66. The van der Waals surface area contributed by atoms with Gasteiger partial charge in [-0.15, -0.1) is 0 Å². The standard InChI is InChI=1S/C11H11NO2/c1-7-2-4-8(5-3-7)9-6-10(13)11(14)12-9/h2-6,9,13H,1H3,(H,12,14). The summed E-state index contributed by atoms with van der Waals surface area (Å²) in [6.45, 7) is 2.00. The summed E-state index contributed by atoms with van der Waals surface area (Å²) < 4.78 is 0. The van der Waals surface area contributed by atoms with Crippen molar-refractivity contribution in [1.82, 2.24) is 5.32 Å². The summed E-state index contributed by atoms with van der Waals surface area (Å²) >= 11 is 0. The Balaban J connectivity index is 2.26. The average Bonchev–Trinajstić information content (AvgIpc) is 2.48. The third-order valence-corrected chi connectivity index (χ3v) is 2.28. The van der Waals surface area contributed by atoms with Crippen LogP contribution in [0.2, 0.25) is 0 Å². The molecule has 0 spiro atoms. The Morgan fingerprint density at radius 3 is 2.43 bits per heavy atom. The minimum absolute atomic E-state index is 0.192. The van der Waals surface area contributed by atoms with Crippen molar-refractivity contribution in [3.05, 3.63) is 47.2 Å². The molecule has 0 aliphatic carbocycles. The van der Waals surface area contributed by atoms with Crippen molar-refractivity contribution in [1.29, 1.82) is 0 Å². The van der Waals surface area contributed by atoms with Crippen molar-refractivity contribution in [3.8, 4) is 0 Å². The largest absolute Gasteiger partial charge is 0.503 e. The van der Waals surface area contributed by atoms with E-state index in [1.807, 2.05) is 31.2 Å². The topological polar surface area (TPSA) is 49.3 Å². The van der Waals surface area contributed by atoms with E-state index in [4.69, 9.17) is 5.11 Å². The van der Waals surface area contributed by atoms with Crippen LogP contribution in [0.5, 0.6) is 0 Å². The van der Waals surface area contributed by atoms with Crippen LogP contribution < -0.4 is 5.32 Å². The van der Waals surface area contributed by atoms with E-state index < -0.39 is 5.91 Å². The number of aryl methyl sites for hydroxylation is 1. The van der Waals surface area contributed by atoms with Crippen LogP contribution in [-0.2, 0) is 4.79 Å². The molecule has 14 heavy (non-hydrogen) atoms. The highest BCUT2D eigenvalue weighted by Crippen LogP contribution is 2.20. The number of hydrogen-bond acceptors (Lipinski definition) is 2. The number of rotatable bonds is 1. The van der Waals surface area contributed by atoms with Crippen LogP contribution >= 0.6 is 0 Å². The monoisotopic (exact) mass is 189 g/mol. The van der Waals surface area contributed by atoms with Crippen LogP contribution in [0.4, 0.5) is 0 Å². The molecule has 1 atom stereocenters. The maximum Gasteiger partial charge on any atom is 0.286 e. The summed E-state index contributed by atoms with van der Waals surface area (Å²) in [5, 5.41) is 11.8. The Morgan fingerprint density at radius 1 is 1.29 bits per heavy atom. The van der Waals surface area contributed by atoms with Crippen molar-refractivity contribution in [2.24, 2.45) is 0 Å². The second-order valence-electron chi connectivity index (χ2n) is 3.41. The van der Waals surface area contributed by atoms with E-state index in [0.29, 0.717) is 0 Å². The predicted molar refractivity (Wildman–Crippen MR) is 52.8 cm³/mol. The number of nitrogens with one attached hydrogen (secondary N) is 1. The Kier molecular flexibility index (Phi) is 2.00. The van der Waals surface area contributed by atoms with Crippen LogP contribution in [0.1, 0.15) is 17.2 Å². The van der Waals surface area contributed by atoms with Gasteiger partial charge >= 0.3 is 0 Å². The third kappa shape index (κ3) is 1.48. The molecule has 1 aromatic carbocycles. The Hall–Kier alpha value is -1.77. The van der Waals surface area contributed by atoms with E-state index in [1.165, 1.54) is 11.6 Å². The van der Waals surface area contributed by atoms with Crippen LogP contribution in [0.25, 0.3) is 0 Å². The zero-order chi connectivity index (χ0) is 10.1. The highest BCUT2D eigenvalue weighted by atomic mass is 16.3. The molecule has 0 radical (unpaired) electrons. The lowest BCUT2D eigenvalue weighted by atomic mass is 10.1. The van der Waals surface area contributed by atoms with Gasteiger partial charge in [-0.05, 0) is 18.6 Å². The van der Waals surface area contributed by atoms with Gasteiger partial charge in [0.05, 0.1) is 6.04 Å². The summed E-state index contributed by atoms with van der Waals surface area (Å²) in [7, 11) is 0. The van der Waals surface area contributed by atoms with Gasteiger partial charge in [0, 0.05) is 0 Å². The van der Waals surface area contributed by atoms with Gasteiger partial charge in [-0.2, -0.15) is 0 Å². The van der Waals surface area contributed by atoms with Crippen LogP contribution in [0, 0.1) is 6.92 Å². The van der Waals surface area contributed by atoms with Gasteiger partial charge in [0.15, 0.2) is 5.76 Å². The maximum absolute atomic E-state index is 11.0. The van der Waals surface area contributed by atoms with Gasteiger partial charge in [-0.1, -0.05) is 29.8 Å². The highest BCUT2D eigenvalue weighted by Gasteiger charge is 2.22. The molecule has 1 amide bonds. The number of hydrogen-bond donors (Lipinski definition) is 2. The molecule has 72 valence electrons. The van der Waals surface area contributed by atoms with Gasteiger partial charge in [0.1, 0.15) is 0 Å². The zero-order valence-corrected chi connectivity index (χ0v) is 7.82. The summed E-state index contributed by atoms with van der Waals surface area (Å²) in [6.07, 6.45) is 1.52. The normalized spacial score (nSPS) is 20.5. The van der Waals surface area contributed by atoms with Gasteiger partial charge in [-0.25, -0.2) is 0 Å². The van der Waals surface area contributed by atoms with Crippen molar-refractivity contribution >= 4 is 5.91 Å². The number of amides is 1. The minimum Gasteiger partial charge on any atom is -0.503 e. The van der Waals surface area contributed by atoms with Gasteiger partial charge in [-0.3, -0.25) is 4.79 Å². The minimum atomic E-state index is -0.407. The first kappa shape index (κ1) is 8.81. The number of aliphatic hydroxyl groups is 1. The van der Waals surface area contributed by atoms with Crippen molar-refractivity contribution in [2.75, 3.05) is 0 Å². The molecule has 1 aromatic rings. The molecule has 0 fully saturated rings. The molecule has 0 saturated heterocycles. The molecule has 1 unspecified atom stereocenters. The molecule has 1 heterocycles. The summed E-state index contributed by atoms with van der Waals surface area (Å²) in [6, 6.07) is 7.64. The molecule has 3 heteroatoms. The fourth-order valence-electron chi connectivity index (χ4n) is 1.44. The van der Waals surface area contributed by atoms with Gasteiger partial charge < -0.3 is 10.4 Å². The molecule has 1 aliphatic rings. The Labute approximate surface area is 82.1 Å². The fraction of sp³-hybridized carbons (Fsp3) is 0.182. The van der Waals surface area contributed by atoms with Gasteiger partial charge in [0.2, 0.25) is 0 Å². The molecular weight excluding hydrogens is 178 g/mol. The number of carbonyl (C=O) groups excluding carboxylic acids is 1. The molecule has 2 N–H and O–H groups in total. The molecule has 0 saturated carbocycles. The molecular formula is C11H11NO2. The van der Waals surface area contributed by atoms with E-state index in [9.17, 15) is 4.79 Å². The molecule has 3 nitrogen and oxygen atoms in total. The van der Waals surface area contributed by atoms with E-state index in [2.05, 4.69) is 5.32 Å².